The van der Waals surface area contributed by atoms with Gasteiger partial charge < -0.3 is 20.8 Å². The Bertz CT molecular complexity index is 700. The van der Waals surface area contributed by atoms with Gasteiger partial charge in [0, 0.05) is 37.0 Å². The average Bonchev–Trinajstić information content (AvgIpc) is 2.86. The van der Waals surface area contributed by atoms with E-state index in [2.05, 4.69) is 0 Å². The number of anilines is 1. The van der Waals surface area contributed by atoms with Crippen LogP contribution in [0.3, 0.4) is 0 Å². The number of aliphatic carboxylic acids is 2. The molecule has 0 spiro atoms. The van der Waals surface area contributed by atoms with Crippen LogP contribution in [0.25, 0.3) is 0 Å². The van der Waals surface area contributed by atoms with Crippen LogP contribution in [0, 0.1) is 10.1 Å². The predicted octanol–water partition coefficient (Wildman–Crippen LogP) is 0.380. The van der Waals surface area contributed by atoms with Crippen molar-refractivity contribution < 1.29 is 24.7 Å². The molecule has 2 rings (SSSR count). The zero-order chi connectivity index (χ0) is 17.1. The van der Waals surface area contributed by atoms with E-state index in [4.69, 9.17) is 15.9 Å². The fraction of sp³-hybridized carbons (Fsp3) is 0.286. The smallest absolute Gasteiger partial charge is 0.333 e. The number of nitrogens with two attached hydrogens (primary N) is 1. The van der Waals surface area contributed by atoms with E-state index in [0.29, 0.717) is 24.7 Å². The number of benzene rings is 1. The molecule has 122 valence electrons. The molecule has 0 aromatic heterocycles. The molecule has 0 aliphatic carbocycles. The Labute approximate surface area is 130 Å². The SMILES string of the molecule is NC(CN1CCc2ccc([N+](=O)[O-])cc21)/C(=C/C(=O)O)C(=O)O. The van der Waals surface area contributed by atoms with E-state index >= 15 is 0 Å². The molecule has 1 atom stereocenters. The van der Waals surface area contributed by atoms with Crippen LogP contribution in [0.15, 0.2) is 29.8 Å². The van der Waals surface area contributed by atoms with Gasteiger partial charge in [-0.2, -0.15) is 0 Å². The number of carboxylic acids is 2. The number of carbonyl (C=O) groups is 2. The Morgan fingerprint density at radius 3 is 2.70 bits per heavy atom. The maximum atomic E-state index is 11.1. The van der Waals surface area contributed by atoms with Gasteiger partial charge in [0.1, 0.15) is 0 Å². The first kappa shape index (κ1) is 16.4. The summed E-state index contributed by atoms with van der Waals surface area (Å²) in [7, 11) is 0. The van der Waals surface area contributed by atoms with Crippen LogP contribution in [0.4, 0.5) is 11.4 Å². The van der Waals surface area contributed by atoms with Crippen molar-refractivity contribution in [2.24, 2.45) is 5.73 Å². The van der Waals surface area contributed by atoms with Crippen LogP contribution >= 0.6 is 0 Å². The lowest BCUT2D eigenvalue weighted by molar-refractivity contribution is -0.384. The molecule has 1 aliphatic heterocycles. The fourth-order valence-electron chi connectivity index (χ4n) is 2.53. The van der Waals surface area contributed by atoms with Crippen molar-refractivity contribution in [3.8, 4) is 0 Å². The summed E-state index contributed by atoms with van der Waals surface area (Å²) in [5.74, 6) is -2.80. The van der Waals surface area contributed by atoms with Gasteiger partial charge in [0.15, 0.2) is 0 Å². The number of rotatable bonds is 6. The third kappa shape index (κ3) is 3.64. The summed E-state index contributed by atoms with van der Waals surface area (Å²) >= 11 is 0. The predicted molar refractivity (Wildman–Crippen MR) is 80.3 cm³/mol. The molecule has 4 N–H and O–H groups in total. The summed E-state index contributed by atoms with van der Waals surface area (Å²) in [6, 6.07) is 3.45. The van der Waals surface area contributed by atoms with E-state index in [9.17, 15) is 19.7 Å². The summed E-state index contributed by atoms with van der Waals surface area (Å²) in [5.41, 5.74) is 6.85. The topological polar surface area (TPSA) is 147 Å². The fourth-order valence-corrected chi connectivity index (χ4v) is 2.53. The number of hydrogen-bond donors (Lipinski definition) is 3. The molecule has 0 fully saturated rings. The Hall–Kier alpha value is -2.94. The van der Waals surface area contributed by atoms with Gasteiger partial charge in [-0.15, -0.1) is 0 Å². The van der Waals surface area contributed by atoms with Gasteiger partial charge in [0.25, 0.3) is 5.69 Å². The summed E-state index contributed by atoms with van der Waals surface area (Å²) < 4.78 is 0. The van der Waals surface area contributed by atoms with Gasteiger partial charge in [-0.25, -0.2) is 9.59 Å². The highest BCUT2D eigenvalue weighted by molar-refractivity contribution is 5.95. The largest absolute Gasteiger partial charge is 0.478 e. The van der Waals surface area contributed by atoms with Crippen LogP contribution in [0.2, 0.25) is 0 Å². The molecule has 1 aromatic carbocycles. The molecule has 9 nitrogen and oxygen atoms in total. The van der Waals surface area contributed by atoms with Gasteiger partial charge in [0.2, 0.25) is 0 Å². The van der Waals surface area contributed by atoms with E-state index in [1.165, 1.54) is 12.1 Å². The van der Waals surface area contributed by atoms with Crippen LogP contribution in [0.5, 0.6) is 0 Å². The van der Waals surface area contributed by atoms with Crippen molar-refractivity contribution in [2.75, 3.05) is 18.0 Å². The van der Waals surface area contributed by atoms with E-state index < -0.39 is 28.5 Å². The summed E-state index contributed by atoms with van der Waals surface area (Å²) in [6.45, 7) is 0.587. The highest BCUT2D eigenvalue weighted by Crippen LogP contribution is 2.31. The van der Waals surface area contributed by atoms with Gasteiger partial charge >= 0.3 is 11.9 Å². The molecule has 0 amide bonds. The van der Waals surface area contributed by atoms with Crippen molar-refractivity contribution in [1.82, 2.24) is 0 Å². The zero-order valence-electron chi connectivity index (χ0n) is 12.0. The summed E-state index contributed by atoms with van der Waals surface area (Å²) in [6.07, 6.45) is 1.22. The van der Waals surface area contributed by atoms with Crippen molar-refractivity contribution >= 4 is 23.3 Å². The number of non-ortho nitro benzene ring substituents is 1. The lowest BCUT2D eigenvalue weighted by atomic mass is 10.1. The van der Waals surface area contributed by atoms with Crippen LogP contribution in [-0.2, 0) is 16.0 Å². The van der Waals surface area contributed by atoms with Crippen LogP contribution in [0.1, 0.15) is 5.56 Å². The maximum Gasteiger partial charge on any atom is 0.333 e. The minimum Gasteiger partial charge on any atom is -0.478 e. The monoisotopic (exact) mass is 321 g/mol. The molecule has 1 aliphatic rings. The summed E-state index contributed by atoms with van der Waals surface area (Å²) in [5, 5.41) is 28.6. The van der Waals surface area contributed by atoms with Crippen molar-refractivity contribution in [1.29, 1.82) is 0 Å². The molecule has 1 aromatic rings. The van der Waals surface area contributed by atoms with Crippen molar-refractivity contribution in [2.45, 2.75) is 12.5 Å². The number of carboxylic acid groups (broad SMARTS) is 2. The molecule has 1 unspecified atom stereocenters. The van der Waals surface area contributed by atoms with Crippen LogP contribution in [-0.4, -0.2) is 46.2 Å². The standard InChI is InChI=1S/C14H15N3O6/c15-11(10(14(20)21)6-13(18)19)7-16-4-3-8-1-2-9(17(22)23)5-12(8)16/h1-2,5-6,11H,3-4,7,15H2,(H,18,19)(H,20,21)/b10-6-. The van der Waals surface area contributed by atoms with Crippen molar-refractivity contribution in [3.63, 3.8) is 0 Å². The quantitative estimate of drug-likeness (QED) is 0.387. The lowest BCUT2D eigenvalue weighted by Gasteiger charge is -2.23. The molecule has 9 heteroatoms. The van der Waals surface area contributed by atoms with E-state index in [1.807, 2.05) is 0 Å². The van der Waals surface area contributed by atoms with E-state index in [0.717, 1.165) is 5.56 Å². The van der Waals surface area contributed by atoms with Gasteiger partial charge in [0.05, 0.1) is 16.5 Å². The minimum atomic E-state index is -1.40. The molecule has 23 heavy (non-hydrogen) atoms. The second-order valence-electron chi connectivity index (χ2n) is 5.12. The highest BCUT2D eigenvalue weighted by atomic mass is 16.6. The summed E-state index contributed by atoms with van der Waals surface area (Å²) in [4.78, 5) is 33.9. The lowest BCUT2D eigenvalue weighted by Crippen LogP contribution is -2.40. The normalized spacial score (nSPS) is 15.2. The molecule has 0 saturated carbocycles. The second kappa shape index (κ2) is 6.44. The molecule has 1 heterocycles. The number of nitro groups is 1. The number of hydrogen-bond acceptors (Lipinski definition) is 6. The molecule has 0 radical (unpaired) electrons. The van der Waals surface area contributed by atoms with Crippen molar-refractivity contribution in [3.05, 3.63) is 45.5 Å². The first-order valence-electron chi connectivity index (χ1n) is 6.75. The Balaban J connectivity index is 2.23. The molecule has 0 bridgehead atoms. The van der Waals surface area contributed by atoms with E-state index in [-0.39, 0.29) is 12.2 Å². The van der Waals surface area contributed by atoms with Gasteiger partial charge in [-0.1, -0.05) is 6.07 Å². The maximum absolute atomic E-state index is 11.1. The molecular formula is C14H15N3O6. The molecule has 0 saturated heterocycles. The zero-order valence-corrected chi connectivity index (χ0v) is 12.0. The highest BCUT2D eigenvalue weighted by Gasteiger charge is 2.26. The van der Waals surface area contributed by atoms with Crippen LogP contribution < -0.4 is 10.6 Å². The minimum absolute atomic E-state index is 0.0551. The Morgan fingerprint density at radius 2 is 2.13 bits per heavy atom. The third-order valence-corrected chi connectivity index (χ3v) is 3.61. The first-order valence-corrected chi connectivity index (χ1v) is 6.75. The Morgan fingerprint density at radius 1 is 1.43 bits per heavy atom. The second-order valence-corrected chi connectivity index (χ2v) is 5.12. The van der Waals surface area contributed by atoms with Gasteiger partial charge in [-0.05, 0) is 12.0 Å². The van der Waals surface area contributed by atoms with E-state index in [1.54, 1.807) is 11.0 Å². The third-order valence-electron chi connectivity index (χ3n) is 3.61. The number of fused-ring (bicyclic) bond motifs is 1. The molecular weight excluding hydrogens is 306 g/mol. The number of nitro benzene ring substituents is 1. The number of nitrogens with zero attached hydrogens (tertiary/aromatic N) is 2. The average molecular weight is 321 g/mol. The van der Waals surface area contributed by atoms with Gasteiger partial charge in [-0.3, -0.25) is 10.1 Å². The Kier molecular flexibility index (Phi) is 4.60. The first-order chi connectivity index (χ1) is 10.8.